The average molecular weight is 365 g/mol. The van der Waals surface area contributed by atoms with E-state index in [0.717, 1.165) is 51.3 Å². The molecule has 5 atom stereocenters. The van der Waals surface area contributed by atoms with Gasteiger partial charge in [0, 0.05) is 63.4 Å². The zero-order chi connectivity index (χ0) is 17.0. The number of carbonyl (C=O) groups is 2. The molecule has 25 heavy (non-hydrogen) atoms. The normalized spacial score (nSPS) is 41.7. The third-order valence-electron chi connectivity index (χ3n) is 6.74. The van der Waals surface area contributed by atoms with Gasteiger partial charge in [-0.05, 0) is 31.1 Å². The van der Waals surface area contributed by atoms with Crippen LogP contribution in [0.1, 0.15) is 32.1 Å². The van der Waals surface area contributed by atoms with Crippen molar-refractivity contribution in [3.8, 4) is 0 Å². The van der Waals surface area contributed by atoms with Gasteiger partial charge in [0.2, 0.25) is 11.8 Å². The monoisotopic (exact) mass is 364 g/mol. The van der Waals surface area contributed by atoms with Crippen molar-refractivity contribution in [2.45, 2.75) is 49.7 Å². The molecule has 0 aromatic heterocycles. The van der Waals surface area contributed by atoms with Crippen molar-refractivity contribution in [1.29, 1.82) is 0 Å². The minimum absolute atomic E-state index is 0.196. The van der Waals surface area contributed by atoms with Gasteiger partial charge in [0.25, 0.3) is 0 Å². The maximum absolute atomic E-state index is 12.4. The highest BCUT2D eigenvalue weighted by Gasteiger charge is 2.45. The van der Waals surface area contributed by atoms with Gasteiger partial charge in [0.15, 0.2) is 0 Å². The molecule has 0 aromatic carbocycles. The summed E-state index contributed by atoms with van der Waals surface area (Å²) in [5.74, 6) is 3.01. The highest BCUT2D eigenvalue weighted by Crippen LogP contribution is 2.38. The molecular formula is C18H28N4O2S. The van der Waals surface area contributed by atoms with E-state index in [4.69, 9.17) is 0 Å². The van der Waals surface area contributed by atoms with Crippen LogP contribution in [0.3, 0.4) is 0 Å². The van der Waals surface area contributed by atoms with E-state index < -0.39 is 0 Å². The van der Waals surface area contributed by atoms with Crippen molar-refractivity contribution in [1.82, 2.24) is 20.0 Å². The summed E-state index contributed by atoms with van der Waals surface area (Å²) in [7, 11) is 0. The van der Waals surface area contributed by atoms with Crippen LogP contribution < -0.4 is 5.32 Å². The maximum atomic E-state index is 12.4. The molecule has 5 aliphatic heterocycles. The Morgan fingerprint density at radius 1 is 1.12 bits per heavy atom. The number of piperidine rings is 3. The third-order valence-corrected chi connectivity index (χ3v) is 7.87. The summed E-state index contributed by atoms with van der Waals surface area (Å²) in [6.45, 7) is 5.01. The van der Waals surface area contributed by atoms with Gasteiger partial charge in [-0.25, -0.2) is 0 Å². The topological polar surface area (TPSA) is 55.9 Å². The molecule has 1 N–H and O–H groups in total. The zero-order valence-corrected chi connectivity index (χ0v) is 15.5. The molecule has 5 aliphatic rings. The molecule has 0 spiro atoms. The number of rotatable bonds is 2. The molecule has 5 fully saturated rings. The van der Waals surface area contributed by atoms with E-state index in [2.05, 4.69) is 15.1 Å². The first kappa shape index (κ1) is 16.4. The SMILES string of the molecule is O=C1CC(CN2C[C@@H]3C[C@@H](C2)C2CCCC(=O)N2C3)NC2SCCN12. The molecule has 0 saturated carbocycles. The van der Waals surface area contributed by atoms with Crippen LogP contribution in [0.2, 0.25) is 0 Å². The predicted octanol–water partition coefficient (Wildman–Crippen LogP) is 0.540. The summed E-state index contributed by atoms with van der Waals surface area (Å²) < 4.78 is 0. The van der Waals surface area contributed by atoms with Gasteiger partial charge < -0.3 is 14.7 Å². The average Bonchev–Trinajstić information content (AvgIpc) is 3.05. The van der Waals surface area contributed by atoms with Crippen LogP contribution >= 0.6 is 11.8 Å². The highest BCUT2D eigenvalue weighted by molar-refractivity contribution is 8.00. The summed E-state index contributed by atoms with van der Waals surface area (Å²) >= 11 is 1.86. The zero-order valence-electron chi connectivity index (χ0n) is 14.7. The van der Waals surface area contributed by atoms with E-state index >= 15 is 0 Å². The lowest BCUT2D eigenvalue weighted by atomic mass is 9.76. The summed E-state index contributed by atoms with van der Waals surface area (Å²) in [6, 6.07) is 0.754. The van der Waals surface area contributed by atoms with Crippen LogP contribution in [0.5, 0.6) is 0 Å². The highest BCUT2D eigenvalue weighted by atomic mass is 32.2. The minimum atomic E-state index is 0.196. The molecule has 138 valence electrons. The Kier molecular flexibility index (Phi) is 4.21. The van der Waals surface area contributed by atoms with Crippen LogP contribution in [0.15, 0.2) is 0 Å². The van der Waals surface area contributed by atoms with Gasteiger partial charge in [0.05, 0.1) is 0 Å². The van der Waals surface area contributed by atoms with E-state index in [9.17, 15) is 9.59 Å². The number of nitrogens with zero attached hydrogens (tertiary/aromatic N) is 3. The minimum Gasteiger partial charge on any atom is -0.339 e. The van der Waals surface area contributed by atoms with Crippen molar-refractivity contribution in [2.75, 3.05) is 38.5 Å². The smallest absolute Gasteiger partial charge is 0.226 e. The molecule has 5 heterocycles. The number of carbonyl (C=O) groups excluding carboxylic acids is 2. The first-order valence-corrected chi connectivity index (χ1v) is 10.9. The van der Waals surface area contributed by atoms with Crippen molar-refractivity contribution in [2.24, 2.45) is 11.8 Å². The molecule has 6 nitrogen and oxygen atoms in total. The number of amides is 2. The quantitative estimate of drug-likeness (QED) is 0.775. The van der Waals surface area contributed by atoms with E-state index in [-0.39, 0.29) is 11.5 Å². The Labute approximate surface area is 153 Å². The Morgan fingerprint density at radius 3 is 2.96 bits per heavy atom. The number of fused-ring (bicyclic) bond motifs is 5. The maximum Gasteiger partial charge on any atom is 0.226 e. The molecule has 0 aliphatic carbocycles. The van der Waals surface area contributed by atoms with Gasteiger partial charge >= 0.3 is 0 Å². The van der Waals surface area contributed by atoms with Gasteiger partial charge in [0.1, 0.15) is 5.50 Å². The molecule has 0 radical (unpaired) electrons. The summed E-state index contributed by atoms with van der Waals surface area (Å²) in [5.41, 5.74) is 0.196. The van der Waals surface area contributed by atoms with Crippen molar-refractivity contribution in [3.05, 3.63) is 0 Å². The van der Waals surface area contributed by atoms with Gasteiger partial charge in [-0.15, -0.1) is 11.8 Å². The number of hydrogen-bond donors (Lipinski definition) is 1. The van der Waals surface area contributed by atoms with Gasteiger partial charge in [-0.1, -0.05) is 0 Å². The van der Waals surface area contributed by atoms with E-state index in [1.165, 1.54) is 12.8 Å². The molecular weight excluding hydrogens is 336 g/mol. The van der Waals surface area contributed by atoms with Crippen molar-refractivity contribution in [3.63, 3.8) is 0 Å². The molecule has 0 aromatic rings. The summed E-state index contributed by atoms with van der Waals surface area (Å²) in [5, 5.41) is 3.68. The molecule has 5 rings (SSSR count). The van der Waals surface area contributed by atoms with E-state index in [1.54, 1.807) is 0 Å². The Bertz CT molecular complexity index is 573. The number of likely N-dealkylation sites (tertiary alicyclic amines) is 1. The molecule has 2 amide bonds. The van der Waals surface area contributed by atoms with Crippen molar-refractivity contribution >= 4 is 23.6 Å². The van der Waals surface area contributed by atoms with Crippen LogP contribution in [-0.4, -0.2) is 82.6 Å². The number of nitrogens with one attached hydrogen (secondary N) is 1. The fourth-order valence-electron chi connectivity index (χ4n) is 5.74. The van der Waals surface area contributed by atoms with Crippen molar-refractivity contribution < 1.29 is 9.59 Å². The molecule has 3 unspecified atom stereocenters. The number of hydrogen-bond acceptors (Lipinski definition) is 5. The van der Waals surface area contributed by atoms with E-state index in [0.29, 0.717) is 36.1 Å². The Balaban J connectivity index is 1.23. The van der Waals surface area contributed by atoms with Crippen LogP contribution in [0.4, 0.5) is 0 Å². The molecule has 2 bridgehead atoms. The second-order valence-electron chi connectivity index (χ2n) is 8.46. The fourth-order valence-corrected chi connectivity index (χ4v) is 6.96. The van der Waals surface area contributed by atoms with Gasteiger partial charge in [-0.2, -0.15) is 0 Å². The molecule has 7 heteroatoms. The fraction of sp³-hybridized carbons (Fsp3) is 0.889. The summed E-state index contributed by atoms with van der Waals surface area (Å²) in [4.78, 5) is 31.4. The summed E-state index contributed by atoms with van der Waals surface area (Å²) in [6.07, 6.45) is 4.92. The first-order valence-electron chi connectivity index (χ1n) is 9.86. The van der Waals surface area contributed by atoms with Crippen LogP contribution in [0.25, 0.3) is 0 Å². The Hall–Kier alpha value is -0.790. The largest absolute Gasteiger partial charge is 0.339 e. The molecule has 5 saturated heterocycles. The lowest BCUT2D eigenvalue weighted by Crippen LogP contribution is -2.63. The number of thioether (sulfide) groups is 1. The van der Waals surface area contributed by atoms with Gasteiger partial charge in [-0.3, -0.25) is 14.9 Å². The van der Waals surface area contributed by atoms with Crippen LogP contribution in [-0.2, 0) is 9.59 Å². The second-order valence-corrected chi connectivity index (χ2v) is 9.65. The lowest BCUT2D eigenvalue weighted by Gasteiger charge is -2.53. The Morgan fingerprint density at radius 2 is 2.04 bits per heavy atom. The lowest BCUT2D eigenvalue weighted by molar-refractivity contribution is -0.145. The third kappa shape index (κ3) is 2.98. The van der Waals surface area contributed by atoms with E-state index in [1.807, 2.05) is 16.7 Å². The second kappa shape index (κ2) is 6.43. The predicted molar refractivity (Wildman–Crippen MR) is 96.9 cm³/mol. The standard InChI is InChI=1S/C18H28N4O2S/c23-16-3-1-2-15-13-6-12(9-22(15)16)8-20(10-13)11-14-7-17(24)21-4-5-25-18(21)19-14/h12-15,18-19H,1-11H2/t12-,13-,14?,15?,18?/m0/s1. The first-order chi connectivity index (χ1) is 12.2. The van der Waals surface area contributed by atoms with Crippen LogP contribution in [0, 0.1) is 11.8 Å².